The van der Waals surface area contributed by atoms with Crippen LogP contribution in [0.5, 0.6) is 0 Å². The number of fused-ring (bicyclic) bond motifs is 13. The van der Waals surface area contributed by atoms with E-state index in [1.54, 1.807) is 0 Å². The molecule has 0 saturated heterocycles. The third kappa shape index (κ3) is 6.38. The van der Waals surface area contributed by atoms with Crippen LogP contribution in [0.1, 0.15) is 22.3 Å². The molecule has 2 heterocycles. The van der Waals surface area contributed by atoms with Gasteiger partial charge < -0.3 is 4.42 Å². The zero-order valence-corrected chi connectivity index (χ0v) is 40.1. The van der Waals surface area contributed by atoms with Crippen molar-refractivity contribution in [3.63, 3.8) is 0 Å². The number of furan rings is 1. The molecule has 0 atom stereocenters. The average molecular weight is 942 g/mol. The predicted molar refractivity (Wildman–Crippen MR) is 301 cm³/mol. The maximum absolute atomic E-state index is 6.64. The quantitative estimate of drug-likeness (QED) is 0.160. The minimum absolute atomic E-state index is 0.388. The summed E-state index contributed by atoms with van der Waals surface area (Å²) in [6.07, 6.45) is 0. The molecule has 0 fully saturated rings. The molecule has 4 heteroatoms. The monoisotopic (exact) mass is 941 g/mol. The molecule has 0 aliphatic heterocycles. The van der Waals surface area contributed by atoms with Gasteiger partial charge >= 0.3 is 0 Å². The minimum Gasteiger partial charge on any atom is -0.456 e. The highest BCUT2D eigenvalue weighted by atomic mass is 16.3. The number of rotatable bonds is 7. The van der Waals surface area contributed by atoms with Gasteiger partial charge in [0.15, 0.2) is 17.5 Å². The van der Waals surface area contributed by atoms with Gasteiger partial charge in [-0.15, -0.1) is 0 Å². The summed E-state index contributed by atoms with van der Waals surface area (Å²) in [7, 11) is 0. The second kappa shape index (κ2) is 16.7. The van der Waals surface area contributed by atoms with Gasteiger partial charge in [-0.1, -0.05) is 237 Å². The van der Waals surface area contributed by atoms with E-state index in [9.17, 15) is 0 Å². The molecule has 344 valence electrons. The summed E-state index contributed by atoms with van der Waals surface area (Å²) in [6, 6.07) is 93.3. The van der Waals surface area contributed by atoms with Crippen LogP contribution in [0.2, 0.25) is 0 Å². The van der Waals surface area contributed by atoms with Crippen LogP contribution >= 0.6 is 0 Å². The van der Waals surface area contributed by atoms with Crippen LogP contribution in [-0.2, 0) is 5.41 Å². The fourth-order valence-corrected chi connectivity index (χ4v) is 12.2. The Kier molecular flexibility index (Phi) is 9.45. The molecule has 15 rings (SSSR count). The first kappa shape index (κ1) is 42.0. The van der Waals surface area contributed by atoms with Crippen molar-refractivity contribution in [1.82, 2.24) is 15.0 Å². The van der Waals surface area contributed by atoms with Gasteiger partial charge in [-0.25, -0.2) is 15.0 Å². The molecule has 1 spiro atoms. The van der Waals surface area contributed by atoms with Crippen LogP contribution in [0.25, 0.3) is 123 Å². The standard InChI is InChI=1S/C70H43N3O/c1-3-18-44(19-4-1)48-22-15-23-50(42-48)67-71-68(55-27-8-7-24-51(55)46-20-5-2-6-21-46)73-69(72-67)57-30-17-35-64-66(57)58-43-49(40-41-63(58)74-64)45-36-38-47(39-37-45)52-29-16-34-62-65(52)56-28-11-14-33-61(56)70(62)59-31-12-9-25-53(59)54-26-10-13-32-60(54)70/h1-43H. The van der Waals surface area contributed by atoms with E-state index in [0.717, 1.165) is 72.0 Å². The highest BCUT2D eigenvalue weighted by molar-refractivity contribution is 6.13. The second-order valence-electron chi connectivity index (χ2n) is 19.3. The second-order valence-corrected chi connectivity index (χ2v) is 19.3. The molecule has 2 aliphatic carbocycles. The lowest BCUT2D eigenvalue weighted by molar-refractivity contribution is 0.669. The highest BCUT2D eigenvalue weighted by Crippen LogP contribution is 2.64. The molecule has 2 aliphatic rings. The van der Waals surface area contributed by atoms with E-state index >= 15 is 0 Å². The van der Waals surface area contributed by atoms with Crippen molar-refractivity contribution in [3.05, 3.63) is 283 Å². The largest absolute Gasteiger partial charge is 0.456 e. The Morgan fingerprint density at radius 3 is 1.43 bits per heavy atom. The molecular weight excluding hydrogens is 899 g/mol. The number of aromatic nitrogens is 3. The van der Waals surface area contributed by atoms with Gasteiger partial charge in [-0.2, -0.15) is 0 Å². The lowest BCUT2D eigenvalue weighted by Crippen LogP contribution is -2.25. The summed E-state index contributed by atoms with van der Waals surface area (Å²) in [4.78, 5) is 15.9. The van der Waals surface area contributed by atoms with Crippen molar-refractivity contribution in [1.29, 1.82) is 0 Å². The normalized spacial score (nSPS) is 12.7. The number of hydrogen-bond donors (Lipinski definition) is 0. The lowest BCUT2D eigenvalue weighted by Gasteiger charge is -2.30. The SMILES string of the molecule is c1ccc(-c2cccc(-c3nc(-c4ccccc4-c4ccccc4)nc(-c4cccc5oc6ccc(-c7ccc(-c8cccc9c8-c8ccccc8C98c9ccccc9-c9ccccc98)cc7)cc6c45)n3)c2)cc1. The van der Waals surface area contributed by atoms with Crippen LogP contribution in [0.4, 0.5) is 0 Å². The Bertz CT molecular complexity index is 4320. The van der Waals surface area contributed by atoms with Crippen LogP contribution in [0, 0.1) is 0 Å². The van der Waals surface area contributed by atoms with Gasteiger partial charge in [0.1, 0.15) is 11.2 Å². The van der Waals surface area contributed by atoms with Crippen LogP contribution in [0.3, 0.4) is 0 Å². The van der Waals surface area contributed by atoms with Crippen molar-refractivity contribution < 1.29 is 4.42 Å². The molecule has 2 aromatic heterocycles. The molecule has 0 amide bonds. The summed E-state index contributed by atoms with van der Waals surface area (Å²) < 4.78 is 6.64. The van der Waals surface area contributed by atoms with E-state index < -0.39 is 0 Å². The average Bonchev–Trinajstić information content (AvgIpc) is 4.26. The summed E-state index contributed by atoms with van der Waals surface area (Å²) >= 11 is 0. The summed E-state index contributed by atoms with van der Waals surface area (Å²) in [5.41, 5.74) is 23.5. The van der Waals surface area contributed by atoms with E-state index in [0.29, 0.717) is 17.5 Å². The third-order valence-electron chi connectivity index (χ3n) is 15.4. The third-order valence-corrected chi connectivity index (χ3v) is 15.4. The molecule has 4 nitrogen and oxygen atoms in total. The highest BCUT2D eigenvalue weighted by Gasteiger charge is 2.52. The van der Waals surface area contributed by atoms with Gasteiger partial charge in [0.25, 0.3) is 0 Å². The van der Waals surface area contributed by atoms with Crippen molar-refractivity contribution in [2.24, 2.45) is 0 Å². The number of nitrogens with zero attached hydrogens (tertiary/aromatic N) is 3. The number of hydrogen-bond acceptors (Lipinski definition) is 4. The Labute approximate surface area is 428 Å². The Hall–Kier alpha value is -9.77. The van der Waals surface area contributed by atoms with Crippen LogP contribution in [-0.4, -0.2) is 15.0 Å². The molecular formula is C70H43N3O. The zero-order valence-electron chi connectivity index (χ0n) is 40.1. The van der Waals surface area contributed by atoms with Crippen molar-refractivity contribution in [2.75, 3.05) is 0 Å². The van der Waals surface area contributed by atoms with E-state index in [1.165, 1.54) is 55.6 Å². The smallest absolute Gasteiger partial charge is 0.164 e. The molecule has 0 saturated carbocycles. The Morgan fingerprint density at radius 1 is 0.257 bits per heavy atom. The first-order valence-corrected chi connectivity index (χ1v) is 25.2. The Balaban J connectivity index is 0.854. The first-order valence-electron chi connectivity index (χ1n) is 25.2. The van der Waals surface area contributed by atoms with Gasteiger partial charge in [0.05, 0.1) is 5.41 Å². The van der Waals surface area contributed by atoms with Crippen LogP contribution < -0.4 is 0 Å². The van der Waals surface area contributed by atoms with E-state index in [4.69, 9.17) is 19.4 Å². The molecule has 0 N–H and O–H groups in total. The zero-order chi connectivity index (χ0) is 48.7. The molecule has 0 unspecified atom stereocenters. The molecule has 74 heavy (non-hydrogen) atoms. The minimum atomic E-state index is -0.388. The van der Waals surface area contributed by atoms with Crippen molar-refractivity contribution >= 4 is 21.9 Å². The van der Waals surface area contributed by atoms with Gasteiger partial charge in [0, 0.05) is 27.5 Å². The summed E-state index contributed by atoms with van der Waals surface area (Å²) in [5.74, 6) is 1.77. The van der Waals surface area contributed by atoms with Crippen molar-refractivity contribution in [3.8, 4) is 101 Å². The Morgan fingerprint density at radius 2 is 0.703 bits per heavy atom. The van der Waals surface area contributed by atoms with Crippen LogP contribution in [0.15, 0.2) is 265 Å². The molecule has 13 aromatic rings. The number of benzene rings is 11. The fraction of sp³-hybridized carbons (Fsp3) is 0.0143. The van der Waals surface area contributed by atoms with E-state index in [2.05, 4.69) is 237 Å². The molecule has 0 radical (unpaired) electrons. The van der Waals surface area contributed by atoms with Gasteiger partial charge in [-0.3, -0.25) is 0 Å². The van der Waals surface area contributed by atoms with Gasteiger partial charge in [0.2, 0.25) is 0 Å². The fourth-order valence-electron chi connectivity index (χ4n) is 12.2. The molecule has 0 bridgehead atoms. The van der Waals surface area contributed by atoms with Crippen molar-refractivity contribution in [2.45, 2.75) is 5.41 Å². The lowest BCUT2D eigenvalue weighted by atomic mass is 9.70. The van der Waals surface area contributed by atoms with Gasteiger partial charge in [-0.05, 0) is 113 Å². The maximum Gasteiger partial charge on any atom is 0.164 e. The van der Waals surface area contributed by atoms with E-state index in [1.807, 2.05) is 24.3 Å². The maximum atomic E-state index is 6.64. The summed E-state index contributed by atoms with van der Waals surface area (Å²) in [6.45, 7) is 0. The molecule has 11 aromatic carbocycles. The topological polar surface area (TPSA) is 51.8 Å². The predicted octanol–water partition coefficient (Wildman–Crippen LogP) is 17.8. The summed E-state index contributed by atoms with van der Waals surface area (Å²) in [5, 5.41) is 1.96. The first-order chi connectivity index (χ1) is 36.7. The van der Waals surface area contributed by atoms with E-state index in [-0.39, 0.29) is 5.41 Å².